The largest absolute Gasteiger partial charge is 0.389 e. The lowest BCUT2D eigenvalue weighted by Crippen LogP contribution is -2.24. The molecule has 0 saturated carbocycles. The first-order chi connectivity index (χ1) is 9.26. The number of sulfonamides is 1. The molecule has 0 radical (unpaired) electrons. The quantitative estimate of drug-likeness (QED) is 0.761. The topological polar surface area (TPSA) is 58.2 Å². The van der Waals surface area contributed by atoms with E-state index in [1.54, 1.807) is 19.1 Å². The van der Waals surface area contributed by atoms with Gasteiger partial charge in [-0.3, -0.25) is 0 Å². The summed E-state index contributed by atoms with van der Waals surface area (Å²) in [5.74, 6) is 0. The third-order valence-corrected chi connectivity index (χ3v) is 4.07. The number of benzene rings is 1. The predicted molar refractivity (Wildman–Crippen MR) is 71.1 cm³/mol. The van der Waals surface area contributed by atoms with Crippen molar-refractivity contribution in [3.63, 3.8) is 0 Å². The average molecular weight is 310 g/mol. The van der Waals surface area contributed by atoms with E-state index in [9.17, 15) is 21.6 Å². The fraction of sp³-hybridized carbons (Fsp3) is 0.500. The Morgan fingerprint density at radius 3 is 2.45 bits per heavy atom. The summed E-state index contributed by atoms with van der Waals surface area (Å²) in [5.41, 5.74) is 0.302. The van der Waals surface area contributed by atoms with Gasteiger partial charge >= 0.3 is 6.18 Å². The van der Waals surface area contributed by atoms with Crippen LogP contribution in [0, 0.1) is 0 Å². The highest BCUT2D eigenvalue weighted by Gasteiger charge is 2.26. The molecule has 0 aliphatic carbocycles. The Bertz CT molecular complexity index is 530. The molecular weight excluding hydrogens is 293 g/mol. The lowest BCUT2D eigenvalue weighted by molar-refractivity contribution is -0.134. The Balaban J connectivity index is 2.72. The maximum absolute atomic E-state index is 12.0. The van der Waals surface area contributed by atoms with Crippen molar-refractivity contribution in [2.75, 3.05) is 18.4 Å². The summed E-state index contributed by atoms with van der Waals surface area (Å²) < 4.78 is 62.2. The Hall–Kier alpha value is -1.28. The van der Waals surface area contributed by atoms with Crippen molar-refractivity contribution in [1.29, 1.82) is 0 Å². The molecule has 20 heavy (non-hydrogen) atoms. The number of hydrogen-bond donors (Lipinski definition) is 2. The Kier molecular flexibility index (Phi) is 5.82. The Morgan fingerprint density at radius 2 is 1.85 bits per heavy atom. The normalized spacial score (nSPS) is 12.4. The minimum absolute atomic E-state index is 0.0360. The molecule has 4 nitrogen and oxygen atoms in total. The second-order valence-corrected chi connectivity index (χ2v) is 5.88. The fourth-order valence-electron chi connectivity index (χ4n) is 1.63. The molecule has 2 N–H and O–H groups in total. The van der Waals surface area contributed by atoms with Crippen LogP contribution in [0.2, 0.25) is 0 Å². The van der Waals surface area contributed by atoms with E-state index in [-0.39, 0.29) is 24.4 Å². The van der Waals surface area contributed by atoms with Crippen LogP contribution in [0.25, 0.3) is 0 Å². The van der Waals surface area contributed by atoms with Gasteiger partial charge in [0.2, 0.25) is 10.0 Å². The number of alkyl halides is 3. The van der Waals surface area contributed by atoms with Crippen LogP contribution in [0.4, 0.5) is 18.9 Å². The first-order valence-corrected chi connectivity index (χ1v) is 7.64. The molecular formula is C12H17F3N2O2S. The van der Waals surface area contributed by atoms with Crippen LogP contribution in [0.1, 0.15) is 19.8 Å². The molecule has 8 heteroatoms. The van der Waals surface area contributed by atoms with Crippen molar-refractivity contribution < 1.29 is 21.6 Å². The van der Waals surface area contributed by atoms with Gasteiger partial charge in [0.15, 0.2) is 0 Å². The van der Waals surface area contributed by atoms with Gasteiger partial charge in [-0.05, 0) is 18.6 Å². The fourth-order valence-corrected chi connectivity index (χ4v) is 2.85. The lowest BCUT2D eigenvalue weighted by atomic mass is 10.2. The molecule has 1 aromatic carbocycles. The Morgan fingerprint density at radius 1 is 1.20 bits per heavy atom. The summed E-state index contributed by atoms with van der Waals surface area (Å²) in [5, 5.41) is 2.73. The number of rotatable bonds is 7. The molecule has 0 unspecified atom stereocenters. The minimum atomic E-state index is -4.20. The van der Waals surface area contributed by atoms with E-state index in [1.165, 1.54) is 12.1 Å². The van der Waals surface area contributed by atoms with E-state index in [4.69, 9.17) is 0 Å². The predicted octanol–water partition coefficient (Wildman–Crippen LogP) is 2.74. The molecule has 0 bridgehead atoms. The van der Waals surface area contributed by atoms with Gasteiger partial charge in [-0.25, -0.2) is 13.1 Å². The molecule has 0 heterocycles. The van der Waals surface area contributed by atoms with Crippen LogP contribution in [0.15, 0.2) is 29.2 Å². The van der Waals surface area contributed by atoms with Crippen molar-refractivity contribution >= 4 is 15.7 Å². The highest BCUT2D eigenvalue weighted by atomic mass is 32.2. The molecule has 1 aromatic rings. The van der Waals surface area contributed by atoms with Gasteiger partial charge in [0.25, 0.3) is 0 Å². The zero-order chi connectivity index (χ0) is 15.2. The third kappa shape index (κ3) is 5.38. The average Bonchev–Trinajstić information content (AvgIpc) is 2.34. The van der Waals surface area contributed by atoms with E-state index in [1.807, 2.05) is 0 Å². The van der Waals surface area contributed by atoms with Crippen LogP contribution in [-0.2, 0) is 10.0 Å². The molecule has 0 aliphatic rings. The van der Waals surface area contributed by atoms with Crippen molar-refractivity contribution in [3.05, 3.63) is 24.3 Å². The van der Waals surface area contributed by atoms with E-state index in [0.717, 1.165) is 0 Å². The van der Waals surface area contributed by atoms with Crippen LogP contribution >= 0.6 is 0 Å². The number of halogens is 3. The smallest absolute Gasteiger partial charge is 0.384 e. The summed E-state index contributed by atoms with van der Waals surface area (Å²) in [7, 11) is -3.64. The summed E-state index contributed by atoms with van der Waals surface area (Å²) >= 11 is 0. The molecule has 0 aliphatic heterocycles. The van der Waals surface area contributed by atoms with Gasteiger partial charge in [-0.2, -0.15) is 13.2 Å². The van der Waals surface area contributed by atoms with Crippen LogP contribution in [-0.4, -0.2) is 27.7 Å². The Labute approximate surface area is 116 Å². The number of anilines is 1. The van der Waals surface area contributed by atoms with E-state index in [2.05, 4.69) is 10.0 Å². The number of para-hydroxylation sites is 1. The molecule has 0 fully saturated rings. The standard InChI is InChI=1S/C12H17F3N2O2S/c1-2-17-20(18,19)11-7-4-3-6-10(11)16-9-5-8-12(13,14)15/h3-4,6-7,16-17H,2,5,8-9H2,1H3. The summed E-state index contributed by atoms with van der Waals surface area (Å²) in [6.07, 6.45) is -5.21. The summed E-state index contributed by atoms with van der Waals surface area (Å²) in [6.45, 7) is 1.94. The lowest BCUT2D eigenvalue weighted by Gasteiger charge is -2.13. The van der Waals surface area contributed by atoms with Crippen molar-refractivity contribution in [1.82, 2.24) is 4.72 Å². The molecule has 0 saturated heterocycles. The molecule has 0 amide bonds. The van der Waals surface area contributed by atoms with Gasteiger partial charge in [-0.15, -0.1) is 0 Å². The molecule has 114 valence electrons. The van der Waals surface area contributed by atoms with Crippen molar-refractivity contribution in [2.45, 2.75) is 30.8 Å². The molecule has 0 aromatic heterocycles. The second kappa shape index (κ2) is 6.94. The van der Waals surface area contributed by atoms with Gasteiger partial charge in [0.1, 0.15) is 4.90 Å². The van der Waals surface area contributed by atoms with Gasteiger partial charge in [0.05, 0.1) is 5.69 Å². The van der Waals surface area contributed by atoms with Gasteiger partial charge in [-0.1, -0.05) is 19.1 Å². The highest BCUT2D eigenvalue weighted by Crippen LogP contribution is 2.23. The maximum Gasteiger partial charge on any atom is 0.389 e. The second-order valence-electron chi connectivity index (χ2n) is 4.14. The molecule has 0 atom stereocenters. The van der Waals surface area contributed by atoms with Crippen molar-refractivity contribution in [2.24, 2.45) is 0 Å². The van der Waals surface area contributed by atoms with E-state index >= 15 is 0 Å². The van der Waals surface area contributed by atoms with Crippen LogP contribution in [0.3, 0.4) is 0 Å². The van der Waals surface area contributed by atoms with E-state index < -0.39 is 22.6 Å². The zero-order valence-corrected chi connectivity index (χ0v) is 11.8. The number of hydrogen-bond acceptors (Lipinski definition) is 3. The number of nitrogens with one attached hydrogen (secondary N) is 2. The van der Waals surface area contributed by atoms with Gasteiger partial charge < -0.3 is 5.32 Å². The SMILES string of the molecule is CCNS(=O)(=O)c1ccccc1NCCCC(F)(F)F. The minimum Gasteiger partial charge on any atom is -0.384 e. The maximum atomic E-state index is 12.0. The summed E-state index contributed by atoms with van der Waals surface area (Å²) in [4.78, 5) is 0.0360. The third-order valence-electron chi connectivity index (χ3n) is 2.46. The van der Waals surface area contributed by atoms with Crippen molar-refractivity contribution in [3.8, 4) is 0 Å². The van der Waals surface area contributed by atoms with Crippen LogP contribution < -0.4 is 10.0 Å². The first-order valence-electron chi connectivity index (χ1n) is 6.15. The molecule has 0 spiro atoms. The monoisotopic (exact) mass is 310 g/mol. The molecule has 1 rings (SSSR count). The zero-order valence-electron chi connectivity index (χ0n) is 11.0. The first kappa shape index (κ1) is 16.8. The highest BCUT2D eigenvalue weighted by molar-refractivity contribution is 7.89. The van der Waals surface area contributed by atoms with Crippen LogP contribution in [0.5, 0.6) is 0 Å². The van der Waals surface area contributed by atoms with Gasteiger partial charge in [0, 0.05) is 19.5 Å². The van der Waals surface area contributed by atoms with E-state index in [0.29, 0.717) is 5.69 Å². The summed E-state index contributed by atoms with van der Waals surface area (Å²) in [6, 6.07) is 6.12.